The highest BCUT2D eigenvalue weighted by molar-refractivity contribution is 7.91. The van der Waals surface area contributed by atoms with E-state index in [9.17, 15) is 18.0 Å². The molecule has 1 aromatic carbocycles. The maximum atomic E-state index is 12.6. The predicted molar refractivity (Wildman–Crippen MR) is 115 cm³/mol. The summed E-state index contributed by atoms with van der Waals surface area (Å²) in [4.78, 5) is 40.7. The van der Waals surface area contributed by atoms with Crippen LogP contribution in [0.1, 0.15) is 33.6 Å². The fourth-order valence-corrected chi connectivity index (χ4v) is 5.51. The van der Waals surface area contributed by atoms with Gasteiger partial charge in [0.2, 0.25) is 18.1 Å². The molecule has 3 rings (SSSR count). The van der Waals surface area contributed by atoms with Crippen LogP contribution in [0.5, 0.6) is 0 Å². The van der Waals surface area contributed by atoms with Crippen molar-refractivity contribution in [2.45, 2.75) is 50.8 Å². The van der Waals surface area contributed by atoms with Crippen molar-refractivity contribution >= 4 is 44.9 Å². The van der Waals surface area contributed by atoms with Crippen molar-refractivity contribution in [1.82, 2.24) is 15.4 Å². The number of hydrogen-bond donors (Lipinski definition) is 1. The Labute approximate surface area is 196 Å². The summed E-state index contributed by atoms with van der Waals surface area (Å²) < 4.78 is 25.2. The molecule has 2 atom stereocenters. The lowest BCUT2D eigenvalue weighted by Crippen LogP contribution is -2.56. The molecule has 0 bridgehead atoms. The van der Waals surface area contributed by atoms with Gasteiger partial charge in [0.15, 0.2) is 15.7 Å². The number of nitrogens with zero attached hydrogens (tertiary/aromatic N) is 2. The zero-order chi connectivity index (χ0) is 23.7. The third kappa shape index (κ3) is 5.90. The van der Waals surface area contributed by atoms with Crippen molar-refractivity contribution in [2.24, 2.45) is 5.41 Å². The molecule has 13 heteroatoms. The molecule has 1 N–H and O–H groups in total. The molecule has 1 aromatic rings. The van der Waals surface area contributed by atoms with E-state index in [0.717, 1.165) is 0 Å². The number of likely N-dealkylation sites (tertiary alicyclic amines) is 1. The molecule has 0 aromatic heterocycles. The predicted octanol–water partition coefficient (Wildman–Crippen LogP) is 2.31. The molecule has 0 radical (unpaired) electrons. The van der Waals surface area contributed by atoms with Crippen LogP contribution in [-0.4, -0.2) is 61.7 Å². The number of carbonyl (C=O) groups excluding carboxylic acids is 2. The standard InChI is InChI=1S/C19H25Cl2N3O7S/c1-12(25)23-8-7-15(19(2,3)10-23)22-16(26)9-17-29-24(31-30-17)11-32(27,28)14-6-4-5-13(20)18(14)21/h4-6,15,17H,7-11H2,1-3H3,(H,22,26). The number of sulfone groups is 1. The molecule has 10 nitrogen and oxygen atoms in total. The monoisotopic (exact) mass is 509 g/mol. The van der Waals surface area contributed by atoms with Crippen molar-refractivity contribution in [3.63, 3.8) is 0 Å². The zero-order valence-electron chi connectivity index (χ0n) is 17.8. The average molecular weight is 510 g/mol. The summed E-state index contributed by atoms with van der Waals surface area (Å²) in [7, 11) is -3.95. The minimum atomic E-state index is -3.95. The third-order valence-electron chi connectivity index (χ3n) is 5.36. The van der Waals surface area contributed by atoms with Gasteiger partial charge in [0.25, 0.3) is 0 Å². The molecule has 0 aliphatic carbocycles. The van der Waals surface area contributed by atoms with Crippen molar-refractivity contribution < 1.29 is 32.7 Å². The summed E-state index contributed by atoms with van der Waals surface area (Å²) in [5, 5.41) is 3.55. The number of rotatable bonds is 6. The normalized spacial score (nSPS) is 23.8. The Kier molecular flexibility index (Phi) is 7.70. The molecule has 2 heterocycles. The second kappa shape index (κ2) is 9.80. The van der Waals surface area contributed by atoms with Gasteiger partial charge in [-0.05, 0) is 23.8 Å². The highest BCUT2D eigenvalue weighted by atomic mass is 35.5. The Morgan fingerprint density at radius 3 is 2.66 bits per heavy atom. The van der Waals surface area contributed by atoms with Crippen LogP contribution in [0.25, 0.3) is 0 Å². The van der Waals surface area contributed by atoms with Gasteiger partial charge in [-0.15, -0.1) is 4.99 Å². The molecule has 0 spiro atoms. The third-order valence-corrected chi connectivity index (χ3v) is 7.85. The van der Waals surface area contributed by atoms with Gasteiger partial charge in [-0.1, -0.05) is 43.1 Å². The summed E-state index contributed by atoms with van der Waals surface area (Å²) in [5.74, 6) is -1.07. The fourth-order valence-electron chi connectivity index (χ4n) is 3.62. The van der Waals surface area contributed by atoms with Gasteiger partial charge in [0, 0.05) is 31.5 Å². The van der Waals surface area contributed by atoms with Crippen LogP contribution in [0, 0.1) is 5.41 Å². The van der Waals surface area contributed by atoms with E-state index in [1.165, 1.54) is 25.1 Å². The summed E-state index contributed by atoms with van der Waals surface area (Å²) >= 11 is 11.9. The molecule has 2 aliphatic heterocycles. The topological polar surface area (TPSA) is 114 Å². The quantitative estimate of drug-likeness (QED) is 0.580. The molecule has 2 amide bonds. The van der Waals surface area contributed by atoms with Gasteiger partial charge in [-0.3, -0.25) is 9.59 Å². The van der Waals surface area contributed by atoms with Crippen molar-refractivity contribution in [2.75, 3.05) is 19.0 Å². The van der Waals surface area contributed by atoms with Crippen LogP contribution < -0.4 is 5.32 Å². The highest BCUT2D eigenvalue weighted by Gasteiger charge is 2.39. The lowest BCUT2D eigenvalue weighted by molar-refractivity contribution is -0.406. The van der Waals surface area contributed by atoms with Crippen LogP contribution in [0.15, 0.2) is 23.1 Å². The fraction of sp³-hybridized carbons (Fsp3) is 0.579. The van der Waals surface area contributed by atoms with Crippen LogP contribution in [0.2, 0.25) is 10.0 Å². The number of hydrogen-bond acceptors (Lipinski definition) is 8. The summed E-state index contributed by atoms with van der Waals surface area (Å²) in [5.41, 5.74) is -0.316. The molecular weight excluding hydrogens is 485 g/mol. The number of carbonyl (C=O) groups is 2. The lowest BCUT2D eigenvalue weighted by atomic mass is 9.79. The molecule has 2 fully saturated rings. The molecule has 2 aliphatic rings. The van der Waals surface area contributed by atoms with Gasteiger partial charge in [0.1, 0.15) is 0 Å². The minimum absolute atomic E-state index is 0.00172. The second-order valence-corrected chi connectivity index (χ2v) is 11.1. The minimum Gasteiger partial charge on any atom is -0.353 e. The van der Waals surface area contributed by atoms with E-state index in [1.54, 1.807) is 4.90 Å². The first-order valence-corrected chi connectivity index (χ1v) is 12.3. The SMILES string of the molecule is CC(=O)N1CCC(NC(=O)CC2OON(CS(=O)(=O)c3cccc(Cl)c3Cl)O2)C(C)(C)C1. The molecule has 2 saturated heterocycles. The van der Waals surface area contributed by atoms with Crippen LogP contribution >= 0.6 is 23.2 Å². The second-order valence-electron chi connectivity index (χ2n) is 8.38. The molecule has 0 saturated carbocycles. The molecular formula is C19H25Cl2N3O7S. The Balaban J connectivity index is 1.52. The van der Waals surface area contributed by atoms with Gasteiger partial charge in [0.05, 0.1) is 21.4 Å². The number of amides is 2. The van der Waals surface area contributed by atoms with E-state index >= 15 is 0 Å². The summed E-state index contributed by atoms with van der Waals surface area (Å²) in [6, 6.07) is 4.09. The summed E-state index contributed by atoms with van der Waals surface area (Å²) in [6.07, 6.45) is -0.718. The van der Waals surface area contributed by atoms with Gasteiger partial charge in [-0.25, -0.2) is 13.3 Å². The van der Waals surface area contributed by atoms with Crippen molar-refractivity contribution in [3.8, 4) is 0 Å². The number of piperidine rings is 1. The number of nitrogens with one attached hydrogen (secondary N) is 1. The Morgan fingerprint density at radius 2 is 2.00 bits per heavy atom. The van der Waals surface area contributed by atoms with E-state index in [-0.39, 0.29) is 44.6 Å². The smallest absolute Gasteiger partial charge is 0.225 e. The molecule has 178 valence electrons. The highest BCUT2D eigenvalue weighted by Crippen LogP contribution is 2.31. The zero-order valence-corrected chi connectivity index (χ0v) is 20.2. The van der Waals surface area contributed by atoms with E-state index < -0.39 is 22.0 Å². The van der Waals surface area contributed by atoms with Gasteiger partial charge in [-0.2, -0.15) is 4.89 Å². The van der Waals surface area contributed by atoms with Crippen molar-refractivity contribution in [1.29, 1.82) is 0 Å². The Hall–Kier alpha value is -1.47. The van der Waals surface area contributed by atoms with E-state index in [2.05, 4.69) is 5.32 Å². The Morgan fingerprint density at radius 1 is 1.28 bits per heavy atom. The lowest BCUT2D eigenvalue weighted by Gasteiger charge is -2.44. The molecule has 32 heavy (non-hydrogen) atoms. The first-order valence-electron chi connectivity index (χ1n) is 9.88. The number of benzene rings is 1. The molecule has 2 unspecified atom stereocenters. The first-order chi connectivity index (χ1) is 14.9. The van der Waals surface area contributed by atoms with Crippen LogP contribution in [0.3, 0.4) is 0 Å². The van der Waals surface area contributed by atoms with E-state index in [0.29, 0.717) is 24.7 Å². The number of halogens is 2. The largest absolute Gasteiger partial charge is 0.353 e. The van der Waals surface area contributed by atoms with E-state index in [1.807, 2.05) is 13.8 Å². The van der Waals surface area contributed by atoms with Gasteiger partial charge >= 0.3 is 0 Å². The maximum Gasteiger partial charge on any atom is 0.225 e. The van der Waals surface area contributed by atoms with Crippen molar-refractivity contribution in [3.05, 3.63) is 28.2 Å². The van der Waals surface area contributed by atoms with Crippen LogP contribution in [0.4, 0.5) is 0 Å². The van der Waals surface area contributed by atoms with Gasteiger partial charge < -0.3 is 10.2 Å². The Bertz CT molecular complexity index is 989. The number of hydroxylamine groups is 2. The average Bonchev–Trinajstić information content (AvgIpc) is 3.10. The van der Waals surface area contributed by atoms with Crippen LogP contribution in [-0.2, 0) is 34.1 Å². The summed E-state index contributed by atoms with van der Waals surface area (Å²) in [6.45, 7) is 6.57. The van der Waals surface area contributed by atoms with E-state index in [4.69, 9.17) is 37.9 Å². The first kappa shape index (κ1) is 25.2. The maximum absolute atomic E-state index is 12.6.